The zero-order valence-electron chi connectivity index (χ0n) is 31.4. The van der Waals surface area contributed by atoms with Gasteiger partial charge in [-0.1, -0.05) is 66.5 Å². The van der Waals surface area contributed by atoms with E-state index >= 15 is 0 Å². The van der Waals surface area contributed by atoms with Gasteiger partial charge in [0.15, 0.2) is 6.73 Å². The zero-order chi connectivity index (χ0) is 37.7. The Hall–Kier alpha value is -3.55. The van der Waals surface area contributed by atoms with Crippen molar-refractivity contribution in [3.05, 3.63) is 45.9 Å². The number of carbonyl (C=O) groups is 4. The van der Waals surface area contributed by atoms with Gasteiger partial charge in [-0.25, -0.2) is 4.98 Å². The van der Waals surface area contributed by atoms with Crippen molar-refractivity contribution in [2.75, 3.05) is 20.3 Å². The van der Waals surface area contributed by atoms with E-state index in [0.717, 1.165) is 36.3 Å². The minimum atomic E-state index is -1.11. The van der Waals surface area contributed by atoms with Gasteiger partial charge in [0.1, 0.15) is 28.6 Å². The molecule has 1 aliphatic heterocycles. The Labute approximate surface area is 307 Å². The zero-order valence-corrected chi connectivity index (χ0v) is 32.2. The molecule has 12 nitrogen and oxygen atoms in total. The highest BCUT2D eigenvalue weighted by atomic mass is 32.1. The fraction of sp³-hybridized carbons (Fsp3) is 0.658. The standard InChI is InChI=1S/C38H59N5O7S/c1-8-13-33(46)50-23-43(38(49)34(25(6)9-2)41-36(48)30-14-11-12-19-42(30)7)31(24(4)5)21-32(45)37-40-29(22-51-37)35(47)39-27(10-3)20-26-15-17-28(44)18-16-26/h15-18,22,24-25,27,30-32,34,44-45H,8-14,19-21,23H2,1-7H3,(H,39,47)(H,41,48)/t25-,27+,30+,31+,32+,34-/m0/s1. The molecular weight excluding hydrogens is 671 g/mol. The van der Waals surface area contributed by atoms with Crippen LogP contribution >= 0.6 is 11.3 Å². The molecule has 51 heavy (non-hydrogen) atoms. The minimum absolute atomic E-state index is 0.0777. The smallest absolute Gasteiger partial charge is 0.307 e. The van der Waals surface area contributed by atoms with Crippen LogP contribution in [0.25, 0.3) is 0 Å². The monoisotopic (exact) mass is 729 g/mol. The second-order valence-electron chi connectivity index (χ2n) is 14.2. The lowest BCUT2D eigenvalue weighted by Gasteiger charge is -2.39. The van der Waals surface area contributed by atoms with Crippen LogP contribution in [0.1, 0.15) is 120 Å². The number of aliphatic hydroxyl groups is 1. The van der Waals surface area contributed by atoms with Gasteiger partial charge in [0.05, 0.1) is 6.04 Å². The lowest BCUT2D eigenvalue weighted by atomic mass is 9.92. The first-order chi connectivity index (χ1) is 24.3. The number of thiazole rings is 1. The molecule has 13 heteroatoms. The molecule has 3 rings (SSSR count). The number of esters is 1. The number of hydrogen-bond donors (Lipinski definition) is 4. The first-order valence-corrected chi connectivity index (χ1v) is 19.4. The van der Waals surface area contributed by atoms with Crippen LogP contribution in [-0.2, 0) is 25.5 Å². The summed E-state index contributed by atoms with van der Waals surface area (Å²) in [5, 5.41) is 29.1. The summed E-state index contributed by atoms with van der Waals surface area (Å²) in [5.74, 6) is -1.54. The molecule has 0 unspecified atom stereocenters. The minimum Gasteiger partial charge on any atom is -0.508 e. The Morgan fingerprint density at radius 3 is 2.37 bits per heavy atom. The van der Waals surface area contributed by atoms with Crippen LogP contribution in [0.2, 0.25) is 0 Å². The molecular formula is C38H59N5O7S. The van der Waals surface area contributed by atoms with E-state index in [9.17, 15) is 29.4 Å². The van der Waals surface area contributed by atoms with Gasteiger partial charge in [-0.15, -0.1) is 11.3 Å². The van der Waals surface area contributed by atoms with E-state index in [1.165, 1.54) is 4.90 Å². The van der Waals surface area contributed by atoms with Crippen LogP contribution in [0.4, 0.5) is 0 Å². The molecule has 0 radical (unpaired) electrons. The van der Waals surface area contributed by atoms with E-state index in [-0.39, 0.29) is 72.7 Å². The number of amides is 3. The van der Waals surface area contributed by atoms with Crippen molar-refractivity contribution in [2.45, 2.75) is 130 Å². The van der Waals surface area contributed by atoms with Crippen LogP contribution in [0.3, 0.4) is 0 Å². The van der Waals surface area contributed by atoms with E-state index in [1.54, 1.807) is 17.5 Å². The van der Waals surface area contributed by atoms with E-state index in [0.29, 0.717) is 37.1 Å². The molecule has 4 N–H and O–H groups in total. The molecule has 284 valence electrons. The molecule has 0 saturated carbocycles. The van der Waals surface area contributed by atoms with Crippen molar-refractivity contribution in [1.29, 1.82) is 0 Å². The summed E-state index contributed by atoms with van der Waals surface area (Å²) in [6.45, 7) is 12.1. The van der Waals surface area contributed by atoms with E-state index in [4.69, 9.17) is 4.74 Å². The number of phenols is 1. The number of ether oxygens (including phenoxy) is 1. The molecule has 1 aromatic carbocycles. The predicted octanol–water partition coefficient (Wildman–Crippen LogP) is 5.19. The number of likely N-dealkylation sites (N-methyl/N-ethyl adjacent to an activating group) is 1. The third-order valence-electron chi connectivity index (χ3n) is 9.87. The Morgan fingerprint density at radius 2 is 1.76 bits per heavy atom. The molecule has 1 aliphatic rings. The van der Waals surface area contributed by atoms with Crippen molar-refractivity contribution in [2.24, 2.45) is 11.8 Å². The van der Waals surface area contributed by atoms with Crippen molar-refractivity contribution in [1.82, 2.24) is 25.4 Å². The number of piperidine rings is 1. The maximum absolute atomic E-state index is 14.5. The number of rotatable bonds is 19. The Balaban J connectivity index is 1.81. The lowest BCUT2D eigenvalue weighted by molar-refractivity contribution is -0.159. The third-order valence-corrected chi connectivity index (χ3v) is 10.8. The first kappa shape index (κ1) is 41.9. The summed E-state index contributed by atoms with van der Waals surface area (Å²) >= 11 is 1.16. The lowest BCUT2D eigenvalue weighted by Crippen LogP contribution is -2.59. The molecule has 6 atom stereocenters. The van der Waals surface area contributed by atoms with Crippen LogP contribution < -0.4 is 10.6 Å². The van der Waals surface area contributed by atoms with Crippen LogP contribution in [0, 0.1) is 11.8 Å². The average molecular weight is 730 g/mol. The van der Waals surface area contributed by atoms with Gasteiger partial charge in [-0.3, -0.25) is 24.1 Å². The number of nitrogens with zero attached hydrogens (tertiary/aromatic N) is 3. The van der Waals surface area contributed by atoms with Crippen LogP contribution in [0.15, 0.2) is 29.6 Å². The molecule has 2 aromatic rings. The number of aromatic nitrogens is 1. The van der Waals surface area contributed by atoms with Crippen LogP contribution in [0.5, 0.6) is 5.75 Å². The largest absolute Gasteiger partial charge is 0.508 e. The summed E-state index contributed by atoms with van der Waals surface area (Å²) in [4.78, 5) is 61.7. The Kier molecular flexibility index (Phi) is 16.8. The van der Waals surface area contributed by atoms with E-state index in [1.807, 2.05) is 65.6 Å². The second-order valence-corrected chi connectivity index (χ2v) is 15.0. The highest BCUT2D eigenvalue weighted by Gasteiger charge is 2.38. The van der Waals surface area contributed by atoms with Gasteiger partial charge in [0, 0.05) is 30.3 Å². The normalized spacial score (nSPS) is 17.9. The fourth-order valence-corrected chi connectivity index (χ4v) is 7.16. The van der Waals surface area contributed by atoms with Crippen LogP contribution in [-0.4, -0.2) is 93.2 Å². The van der Waals surface area contributed by atoms with E-state index in [2.05, 4.69) is 15.6 Å². The summed E-state index contributed by atoms with van der Waals surface area (Å²) in [6.07, 6.45) is 4.34. The van der Waals surface area contributed by atoms with Crippen molar-refractivity contribution < 1.29 is 34.1 Å². The topological polar surface area (TPSA) is 161 Å². The molecule has 3 amide bonds. The highest BCUT2D eigenvalue weighted by molar-refractivity contribution is 7.09. The second kappa shape index (κ2) is 20.5. The van der Waals surface area contributed by atoms with Gasteiger partial charge >= 0.3 is 5.97 Å². The quantitative estimate of drug-likeness (QED) is 0.113. The molecule has 0 bridgehead atoms. The number of likely N-dealkylation sites (tertiary alicyclic amines) is 1. The van der Waals surface area contributed by atoms with Gasteiger partial charge < -0.3 is 30.5 Å². The van der Waals surface area contributed by atoms with Crippen molar-refractivity contribution in [3.8, 4) is 5.75 Å². The first-order valence-electron chi connectivity index (χ1n) is 18.5. The van der Waals surface area contributed by atoms with E-state index < -0.39 is 24.2 Å². The number of aliphatic hydroxyl groups excluding tert-OH is 1. The molecule has 1 aromatic heterocycles. The summed E-state index contributed by atoms with van der Waals surface area (Å²) in [6, 6.07) is 4.94. The molecule has 2 heterocycles. The predicted molar refractivity (Wildman–Crippen MR) is 198 cm³/mol. The van der Waals surface area contributed by atoms with Gasteiger partial charge in [0.2, 0.25) is 11.8 Å². The Morgan fingerprint density at radius 1 is 1.06 bits per heavy atom. The van der Waals surface area contributed by atoms with Gasteiger partial charge in [0.25, 0.3) is 5.91 Å². The number of aromatic hydroxyl groups is 1. The third kappa shape index (κ3) is 12.3. The number of phenolic OH excluding ortho intramolecular Hbond substituents is 1. The maximum atomic E-state index is 14.5. The van der Waals surface area contributed by atoms with Crippen molar-refractivity contribution in [3.63, 3.8) is 0 Å². The molecule has 0 spiro atoms. The highest BCUT2D eigenvalue weighted by Crippen LogP contribution is 2.29. The summed E-state index contributed by atoms with van der Waals surface area (Å²) in [5.41, 5.74) is 1.16. The molecule has 1 fully saturated rings. The Bertz CT molecular complexity index is 1420. The average Bonchev–Trinajstić information content (AvgIpc) is 3.61. The fourth-order valence-electron chi connectivity index (χ4n) is 6.37. The summed E-state index contributed by atoms with van der Waals surface area (Å²) in [7, 11) is 1.92. The maximum Gasteiger partial charge on any atom is 0.307 e. The van der Waals surface area contributed by atoms with Crippen molar-refractivity contribution >= 4 is 35.0 Å². The summed E-state index contributed by atoms with van der Waals surface area (Å²) < 4.78 is 5.60. The SMILES string of the molecule is CCCC(=O)OCN(C(=O)[C@@H](NC(=O)[C@H]1CCCCN1C)[C@@H](C)CC)[C@H](C[C@@H](O)c1nc(C(=O)N[C@H](CC)Cc2ccc(O)cc2)cs1)C(C)C. The molecule has 0 aliphatic carbocycles. The number of carbonyl (C=O) groups excluding carboxylic acids is 4. The number of nitrogens with one attached hydrogen (secondary N) is 2. The van der Waals surface area contributed by atoms with Gasteiger partial charge in [-0.2, -0.15) is 0 Å². The number of benzene rings is 1. The number of hydrogen-bond acceptors (Lipinski definition) is 10. The molecule has 1 saturated heterocycles. The van der Waals surface area contributed by atoms with Gasteiger partial charge in [-0.05, 0) is 75.2 Å².